The molecule has 0 aliphatic heterocycles. The van der Waals surface area contributed by atoms with Gasteiger partial charge in [-0.1, -0.05) is 23.2 Å². The summed E-state index contributed by atoms with van der Waals surface area (Å²) in [5, 5.41) is 9.16. The molecule has 0 bridgehead atoms. The lowest BCUT2D eigenvalue weighted by Crippen LogP contribution is -1.90. The molecule has 3 aromatic rings. The maximum atomic E-state index is 6.16. The van der Waals surface area contributed by atoms with Crippen molar-refractivity contribution in [2.75, 3.05) is 12.8 Å². The average molecular weight is 308 g/mol. The Kier molecular flexibility index (Phi) is 3.20. The SMILES string of the molecule is COc1c(Cl)cc(Cl)cc1-c1n[nH]c2cc(N)ccc12. The lowest BCUT2D eigenvalue weighted by atomic mass is 10.1. The number of nitrogen functional groups attached to an aromatic ring is 1. The minimum atomic E-state index is 0.446. The third-order valence-corrected chi connectivity index (χ3v) is 3.55. The Labute approximate surface area is 125 Å². The van der Waals surface area contributed by atoms with Gasteiger partial charge in [0.1, 0.15) is 11.4 Å². The van der Waals surface area contributed by atoms with E-state index in [-0.39, 0.29) is 0 Å². The van der Waals surface area contributed by atoms with Crippen molar-refractivity contribution in [3.05, 3.63) is 40.4 Å². The summed E-state index contributed by atoms with van der Waals surface area (Å²) in [6, 6.07) is 8.96. The van der Waals surface area contributed by atoms with Crippen molar-refractivity contribution in [2.24, 2.45) is 0 Å². The van der Waals surface area contributed by atoms with Crippen LogP contribution in [-0.2, 0) is 0 Å². The second-order valence-electron chi connectivity index (χ2n) is 4.35. The Hall–Kier alpha value is -1.91. The molecule has 1 heterocycles. The van der Waals surface area contributed by atoms with Crippen molar-refractivity contribution in [3.8, 4) is 17.0 Å². The number of hydrogen-bond donors (Lipinski definition) is 2. The third kappa shape index (κ3) is 2.07. The minimum Gasteiger partial charge on any atom is -0.494 e. The van der Waals surface area contributed by atoms with Crippen molar-refractivity contribution in [3.63, 3.8) is 0 Å². The van der Waals surface area contributed by atoms with Crippen LogP contribution in [-0.4, -0.2) is 17.3 Å². The zero-order valence-electron chi connectivity index (χ0n) is 10.6. The molecule has 0 unspecified atom stereocenters. The molecule has 0 fully saturated rings. The Bertz CT molecular complexity index is 798. The highest BCUT2D eigenvalue weighted by Gasteiger charge is 2.16. The normalized spacial score (nSPS) is 10.9. The van der Waals surface area contributed by atoms with E-state index in [1.54, 1.807) is 19.2 Å². The van der Waals surface area contributed by atoms with Crippen molar-refractivity contribution < 1.29 is 4.74 Å². The van der Waals surface area contributed by atoms with Gasteiger partial charge in [-0.15, -0.1) is 0 Å². The lowest BCUT2D eigenvalue weighted by molar-refractivity contribution is 0.416. The molecule has 1 aromatic heterocycles. The number of hydrogen-bond acceptors (Lipinski definition) is 3. The Morgan fingerprint density at radius 1 is 1.20 bits per heavy atom. The van der Waals surface area contributed by atoms with Gasteiger partial charge in [0.2, 0.25) is 0 Å². The first-order valence-electron chi connectivity index (χ1n) is 5.87. The smallest absolute Gasteiger partial charge is 0.147 e. The highest BCUT2D eigenvalue weighted by molar-refractivity contribution is 6.36. The van der Waals surface area contributed by atoms with Gasteiger partial charge in [-0.3, -0.25) is 5.10 Å². The number of halogens is 2. The number of benzene rings is 2. The van der Waals surface area contributed by atoms with Crippen molar-refractivity contribution >= 4 is 39.8 Å². The van der Waals surface area contributed by atoms with Crippen LogP contribution in [0.4, 0.5) is 5.69 Å². The van der Waals surface area contributed by atoms with E-state index in [0.717, 1.165) is 22.2 Å². The van der Waals surface area contributed by atoms with Gasteiger partial charge in [0.25, 0.3) is 0 Å². The Balaban J connectivity index is 2.30. The Morgan fingerprint density at radius 2 is 2.00 bits per heavy atom. The summed E-state index contributed by atoms with van der Waals surface area (Å²) in [5.41, 5.74) is 8.74. The molecular weight excluding hydrogens is 297 g/mol. The number of nitrogens with two attached hydrogens (primary N) is 1. The molecule has 0 atom stereocenters. The summed E-state index contributed by atoms with van der Waals surface area (Å²) in [5.74, 6) is 0.543. The fourth-order valence-corrected chi connectivity index (χ4v) is 2.76. The highest BCUT2D eigenvalue weighted by atomic mass is 35.5. The molecule has 0 aliphatic carbocycles. The van der Waals surface area contributed by atoms with Gasteiger partial charge in [0.15, 0.2) is 0 Å². The number of fused-ring (bicyclic) bond motifs is 1. The van der Waals surface area contributed by atoms with Crippen LogP contribution in [0.25, 0.3) is 22.2 Å². The van der Waals surface area contributed by atoms with Crippen LogP contribution in [0.15, 0.2) is 30.3 Å². The van der Waals surface area contributed by atoms with Gasteiger partial charge >= 0.3 is 0 Å². The van der Waals surface area contributed by atoms with E-state index >= 15 is 0 Å². The number of ether oxygens (including phenoxy) is 1. The van der Waals surface area contributed by atoms with Gasteiger partial charge in [0.05, 0.1) is 17.6 Å². The van der Waals surface area contributed by atoms with E-state index in [9.17, 15) is 0 Å². The maximum absolute atomic E-state index is 6.16. The molecule has 102 valence electrons. The van der Waals surface area contributed by atoms with Crippen LogP contribution < -0.4 is 10.5 Å². The second kappa shape index (κ2) is 4.89. The van der Waals surface area contributed by atoms with Crippen molar-refractivity contribution in [1.29, 1.82) is 0 Å². The summed E-state index contributed by atoms with van der Waals surface area (Å²) < 4.78 is 5.36. The number of methoxy groups -OCH3 is 1. The molecule has 0 aliphatic rings. The van der Waals surface area contributed by atoms with E-state index < -0.39 is 0 Å². The van der Waals surface area contributed by atoms with Gasteiger partial charge < -0.3 is 10.5 Å². The standard InChI is InChI=1S/C14H11Cl2N3O/c1-20-14-10(4-7(15)5-11(14)16)13-9-3-2-8(17)6-12(9)18-19-13/h2-6H,17H2,1H3,(H,18,19). The van der Waals surface area contributed by atoms with Crippen molar-refractivity contribution in [2.45, 2.75) is 0 Å². The molecule has 2 aromatic carbocycles. The summed E-state index contributed by atoms with van der Waals surface area (Å²) >= 11 is 12.2. The number of nitrogens with one attached hydrogen (secondary N) is 1. The number of anilines is 1. The minimum absolute atomic E-state index is 0.446. The topological polar surface area (TPSA) is 63.9 Å². The maximum Gasteiger partial charge on any atom is 0.147 e. The average Bonchev–Trinajstić information content (AvgIpc) is 2.80. The summed E-state index contributed by atoms with van der Waals surface area (Å²) in [7, 11) is 1.56. The molecule has 0 amide bonds. The third-order valence-electron chi connectivity index (χ3n) is 3.05. The van der Waals surface area contributed by atoms with E-state index in [1.165, 1.54) is 0 Å². The predicted molar refractivity (Wildman–Crippen MR) is 82.5 cm³/mol. The molecule has 4 nitrogen and oxygen atoms in total. The zero-order valence-corrected chi connectivity index (χ0v) is 12.1. The van der Waals surface area contributed by atoms with E-state index in [0.29, 0.717) is 21.5 Å². The molecule has 3 N–H and O–H groups in total. The van der Waals surface area contributed by atoms with Crippen LogP contribution in [0.1, 0.15) is 0 Å². The van der Waals surface area contributed by atoms with Crippen LogP contribution in [0, 0.1) is 0 Å². The quantitative estimate of drug-likeness (QED) is 0.700. The number of aromatic amines is 1. The molecule has 0 saturated heterocycles. The van der Waals surface area contributed by atoms with E-state index in [4.69, 9.17) is 33.7 Å². The van der Waals surface area contributed by atoms with Gasteiger partial charge in [-0.25, -0.2) is 0 Å². The second-order valence-corrected chi connectivity index (χ2v) is 5.19. The highest BCUT2D eigenvalue weighted by Crippen LogP contribution is 2.40. The van der Waals surface area contributed by atoms with Crippen LogP contribution in [0.5, 0.6) is 5.75 Å². The first kappa shape index (κ1) is 13.1. The molecule has 6 heteroatoms. The molecule has 0 spiro atoms. The fraction of sp³-hybridized carbons (Fsp3) is 0.0714. The van der Waals surface area contributed by atoms with Gasteiger partial charge in [0, 0.05) is 21.7 Å². The summed E-state index contributed by atoms with van der Waals surface area (Å²) in [6.07, 6.45) is 0. The van der Waals surface area contributed by atoms with Gasteiger partial charge in [-0.2, -0.15) is 5.10 Å². The molecule has 3 rings (SSSR count). The van der Waals surface area contributed by atoms with Crippen molar-refractivity contribution in [1.82, 2.24) is 10.2 Å². The summed E-state index contributed by atoms with van der Waals surface area (Å²) in [6.45, 7) is 0. The number of aromatic nitrogens is 2. The Morgan fingerprint density at radius 3 is 2.75 bits per heavy atom. The van der Waals surface area contributed by atoms with Crippen LogP contribution in [0.3, 0.4) is 0 Å². The van der Waals surface area contributed by atoms with E-state index in [2.05, 4.69) is 10.2 Å². The number of rotatable bonds is 2. The zero-order chi connectivity index (χ0) is 14.3. The van der Waals surface area contributed by atoms with E-state index in [1.807, 2.05) is 18.2 Å². The molecule has 20 heavy (non-hydrogen) atoms. The first-order valence-corrected chi connectivity index (χ1v) is 6.62. The number of nitrogens with zero attached hydrogens (tertiary/aromatic N) is 1. The summed E-state index contributed by atoms with van der Waals surface area (Å²) in [4.78, 5) is 0. The predicted octanol–water partition coefficient (Wildman–Crippen LogP) is 4.13. The number of H-pyrrole nitrogens is 1. The molecule has 0 radical (unpaired) electrons. The monoisotopic (exact) mass is 307 g/mol. The van der Waals surface area contributed by atoms with Crippen LogP contribution in [0.2, 0.25) is 10.0 Å². The molecule has 0 saturated carbocycles. The molecular formula is C14H11Cl2N3O. The largest absolute Gasteiger partial charge is 0.494 e. The lowest BCUT2D eigenvalue weighted by Gasteiger charge is -2.09. The van der Waals surface area contributed by atoms with Gasteiger partial charge in [-0.05, 0) is 30.3 Å². The van der Waals surface area contributed by atoms with Crippen LogP contribution >= 0.6 is 23.2 Å². The first-order chi connectivity index (χ1) is 9.60. The fourth-order valence-electron chi connectivity index (χ4n) is 2.19.